The van der Waals surface area contributed by atoms with E-state index in [0.29, 0.717) is 6.42 Å². The molecule has 0 spiro atoms. The summed E-state index contributed by atoms with van der Waals surface area (Å²) in [6.45, 7) is 5.15. The second-order valence-corrected chi connectivity index (χ2v) is 1.29. The van der Waals surface area contributed by atoms with Gasteiger partial charge in [0.15, 0.2) is 0 Å². The number of rotatable bonds is 2. The van der Waals surface area contributed by atoms with Crippen molar-refractivity contribution in [2.75, 3.05) is 0 Å². The third-order valence-electron chi connectivity index (χ3n) is 0.529. The predicted molar refractivity (Wildman–Crippen MR) is 24.0 cm³/mol. The van der Waals surface area contributed by atoms with Gasteiger partial charge in [-0.1, -0.05) is 13.3 Å². The summed E-state index contributed by atoms with van der Waals surface area (Å²) in [6, 6.07) is 0. The van der Waals surface area contributed by atoms with Crippen LogP contribution in [0.2, 0.25) is 0 Å². The first-order valence-corrected chi connectivity index (χ1v) is 2.12. The summed E-state index contributed by atoms with van der Waals surface area (Å²) in [5, 5.41) is 9.93. The fourth-order valence-corrected chi connectivity index (χ4v) is 0.279. The van der Waals surface area contributed by atoms with Crippen molar-refractivity contribution in [3.05, 3.63) is 12.3 Å². The Labute approximate surface area is 63.6 Å². The van der Waals surface area contributed by atoms with E-state index < -0.39 is 0 Å². The molecule has 0 fully saturated rings. The van der Waals surface area contributed by atoms with Crippen LogP contribution in [0.4, 0.5) is 0 Å². The van der Waals surface area contributed by atoms with Crippen LogP contribution in [-0.2, 0) is 26.2 Å². The minimum absolute atomic E-state index is 0. The summed E-state index contributed by atoms with van der Waals surface area (Å²) in [5.41, 5.74) is 0. The molecule has 40 valence electrons. The van der Waals surface area contributed by atoms with Crippen LogP contribution in [0.25, 0.3) is 0 Å². The molecule has 0 amide bonds. The molecule has 2 heteroatoms. The largest absolute Gasteiger partial charge is 0.876 e. The molecule has 0 unspecified atom stereocenters. The van der Waals surface area contributed by atoms with E-state index in [0.717, 1.165) is 6.42 Å². The van der Waals surface area contributed by atoms with E-state index in [1.807, 2.05) is 6.92 Å². The van der Waals surface area contributed by atoms with Crippen molar-refractivity contribution in [1.82, 2.24) is 0 Å². The van der Waals surface area contributed by atoms with Crippen LogP contribution >= 0.6 is 0 Å². The third kappa shape index (κ3) is 10.7. The van der Waals surface area contributed by atoms with Crippen LogP contribution in [0.1, 0.15) is 19.8 Å². The van der Waals surface area contributed by atoms with Gasteiger partial charge in [0.25, 0.3) is 0 Å². The van der Waals surface area contributed by atoms with Gasteiger partial charge in [-0.05, 0) is 6.42 Å². The van der Waals surface area contributed by atoms with Crippen molar-refractivity contribution in [3.63, 3.8) is 0 Å². The number of hydrogen-bond donors (Lipinski definition) is 0. The summed E-state index contributed by atoms with van der Waals surface area (Å²) < 4.78 is 0. The minimum atomic E-state index is 0. The maximum absolute atomic E-state index is 9.93. The Hall–Kier alpha value is 0.423. The third-order valence-corrected chi connectivity index (χ3v) is 0.529. The minimum Gasteiger partial charge on any atom is -0.876 e. The molecule has 0 aliphatic heterocycles. The van der Waals surface area contributed by atoms with Gasteiger partial charge in [-0.2, -0.15) is 0 Å². The first-order chi connectivity index (χ1) is 2.77. The van der Waals surface area contributed by atoms with E-state index in [4.69, 9.17) is 0 Å². The summed E-state index contributed by atoms with van der Waals surface area (Å²) in [4.78, 5) is 0. The quantitative estimate of drug-likeness (QED) is 0.567. The molecule has 0 N–H and O–H groups in total. The molecule has 7 heavy (non-hydrogen) atoms. The average molecular weight is 176 g/mol. The monoisotopic (exact) mass is 175 g/mol. The van der Waals surface area contributed by atoms with Crippen LogP contribution in [-0.4, -0.2) is 0 Å². The van der Waals surface area contributed by atoms with Gasteiger partial charge in [0.2, 0.25) is 0 Å². The van der Waals surface area contributed by atoms with Crippen molar-refractivity contribution >= 4 is 0 Å². The van der Waals surface area contributed by atoms with Crippen LogP contribution in [0, 0.1) is 0 Å². The molecule has 0 aliphatic rings. The fourth-order valence-electron chi connectivity index (χ4n) is 0.279. The molecule has 0 rings (SSSR count). The summed E-state index contributed by atoms with van der Waals surface area (Å²) in [7, 11) is 0. The maximum Gasteiger partial charge on any atom is 0 e. The van der Waals surface area contributed by atoms with Crippen molar-refractivity contribution in [2.45, 2.75) is 19.8 Å². The SMILES string of the molecule is C=C([O-])CCC.[Zr]. The van der Waals surface area contributed by atoms with Gasteiger partial charge in [0.05, 0.1) is 0 Å². The molecular formula is C5H9OZr-. The number of hydrogen-bond acceptors (Lipinski definition) is 1. The van der Waals surface area contributed by atoms with E-state index in [1.165, 1.54) is 0 Å². The Morgan fingerprint density at radius 2 is 2.14 bits per heavy atom. The van der Waals surface area contributed by atoms with Crippen LogP contribution in [0.15, 0.2) is 12.3 Å². The summed E-state index contributed by atoms with van der Waals surface area (Å²) in [5.74, 6) is 0.0394. The van der Waals surface area contributed by atoms with E-state index >= 15 is 0 Å². The van der Waals surface area contributed by atoms with E-state index in [1.54, 1.807) is 0 Å². The van der Waals surface area contributed by atoms with Gasteiger partial charge < -0.3 is 5.11 Å². The topological polar surface area (TPSA) is 23.1 Å². The van der Waals surface area contributed by atoms with Gasteiger partial charge in [0, 0.05) is 26.2 Å². The van der Waals surface area contributed by atoms with Crippen molar-refractivity contribution in [3.8, 4) is 0 Å². The van der Waals surface area contributed by atoms with Gasteiger partial charge in [0.1, 0.15) is 0 Å². The zero-order valence-electron chi connectivity index (χ0n) is 4.53. The molecule has 0 atom stereocenters. The molecule has 1 nitrogen and oxygen atoms in total. The van der Waals surface area contributed by atoms with E-state index in [2.05, 4.69) is 6.58 Å². The first kappa shape index (κ1) is 10.4. The van der Waals surface area contributed by atoms with Gasteiger partial charge in [-0.3, -0.25) is 0 Å². The second-order valence-electron chi connectivity index (χ2n) is 1.29. The Morgan fingerprint density at radius 3 is 2.14 bits per heavy atom. The Bertz CT molecular complexity index is 52.0. The molecular weight excluding hydrogens is 167 g/mol. The number of allylic oxidation sites excluding steroid dienone is 1. The molecule has 0 aromatic carbocycles. The van der Waals surface area contributed by atoms with Gasteiger partial charge >= 0.3 is 0 Å². The molecule has 0 radical (unpaired) electrons. The van der Waals surface area contributed by atoms with Crippen molar-refractivity contribution in [2.24, 2.45) is 0 Å². The maximum atomic E-state index is 9.93. The van der Waals surface area contributed by atoms with Crippen LogP contribution in [0.3, 0.4) is 0 Å². The molecule has 0 saturated carbocycles. The fraction of sp³-hybridized carbons (Fsp3) is 0.600. The molecule has 0 aromatic heterocycles. The van der Waals surface area contributed by atoms with E-state index in [9.17, 15) is 5.11 Å². The standard InChI is InChI=1S/C5H10O.Zr/c1-3-4-5(2)6;/h6H,2-4H2,1H3;/p-1. The Balaban J connectivity index is 0. The summed E-state index contributed by atoms with van der Waals surface area (Å²) >= 11 is 0. The van der Waals surface area contributed by atoms with Crippen LogP contribution < -0.4 is 5.11 Å². The molecule has 0 saturated heterocycles. The smallest absolute Gasteiger partial charge is 0 e. The predicted octanol–water partition coefficient (Wildman–Crippen LogP) is 0.658. The molecule has 0 aliphatic carbocycles. The second kappa shape index (κ2) is 6.42. The summed E-state index contributed by atoms with van der Waals surface area (Å²) in [6.07, 6.45) is 1.54. The van der Waals surface area contributed by atoms with Crippen molar-refractivity contribution in [1.29, 1.82) is 0 Å². The van der Waals surface area contributed by atoms with Gasteiger partial charge in [-0.25, -0.2) is 0 Å². The Morgan fingerprint density at radius 1 is 1.71 bits per heavy atom. The average Bonchev–Trinajstić information content (AvgIpc) is 1.35. The zero-order valence-corrected chi connectivity index (χ0v) is 6.99. The van der Waals surface area contributed by atoms with E-state index in [-0.39, 0.29) is 32.0 Å². The molecule has 0 aromatic rings. The molecule has 0 heterocycles. The molecule has 0 bridgehead atoms. The zero-order chi connectivity index (χ0) is 4.99. The van der Waals surface area contributed by atoms with Gasteiger partial charge in [-0.15, -0.1) is 12.3 Å². The first-order valence-electron chi connectivity index (χ1n) is 2.12. The van der Waals surface area contributed by atoms with Crippen LogP contribution in [0.5, 0.6) is 0 Å². The Kier molecular flexibility index (Phi) is 9.55. The normalized spacial score (nSPS) is 7.00. The van der Waals surface area contributed by atoms with Crippen molar-refractivity contribution < 1.29 is 31.3 Å².